The van der Waals surface area contributed by atoms with Gasteiger partial charge in [0.2, 0.25) is 5.91 Å². The van der Waals surface area contributed by atoms with Crippen molar-refractivity contribution in [1.29, 1.82) is 5.26 Å². The molecule has 0 atom stereocenters. The second-order valence-electron chi connectivity index (χ2n) is 9.78. The average Bonchev–Trinajstić information content (AvgIpc) is 3.34. The molecular weight excluding hydrogens is 476 g/mol. The zero-order chi connectivity index (χ0) is 25.8. The van der Waals surface area contributed by atoms with Crippen LogP contribution in [0.2, 0.25) is 0 Å². The summed E-state index contributed by atoms with van der Waals surface area (Å²) in [5.74, 6) is 0.0319. The number of hydrogen-bond acceptors (Lipinski definition) is 5. The molecule has 1 N–H and O–H groups in total. The normalized spacial score (nSPS) is 14.3. The van der Waals surface area contributed by atoms with Gasteiger partial charge in [0.15, 0.2) is 5.13 Å². The van der Waals surface area contributed by atoms with Crippen molar-refractivity contribution in [3.63, 3.8) is 0 Å². The second-order valence-corrected chi connectivity index (χ2v) is 10.8. The Bertz CT molecular complexity index is 1350. The molecule has 1 aliphatic rings. The van der Waals surface area contributed by atoms with E-state index in [-0.39, 0.29) is 11.8 Å². The third-order valence-electron chi connectivity index (χ3n) is 6.94. The summed E-state index contributed by atoms with van der Waals surface area (Å²) in [6.45, 7) is 6.75. The van der Waals surface area contributed by atoms with Crippen LogP contribution in [0.25, 0.3) is 21.7 Å². The highest BCUT2D eigenvalue weighted by Gasteiger charge is 2.26. The zero-order valence-corrected chi connectivity index (χ0v) is 22.0. The molecule has 1 aliphatic heterocycles. The number of anilines is 1. The quantitative estimate of drug-likeness (QED) is 0.312. The zero-order valence-electron chi connectivity index (χ0n) is 21.2. The van der Waals surface area contributed by atoms with Gasteiger partial charge in [-0.3, -0.25) is 9.69 Å². The van der Waals surface area contributed by atoms with E-state index in [9.17, 15) is 4.79 Å². The van der Waals surface area contributed by atoms with Crippen LogP contribution in [0.1, 0.15) is 35.1 Å². The van der Waals surface area contributed by atoms with Gasteiger partial charge in [-0.1, -0.05) is 83.1 Å². The van der Waals surface area contributed by atoms with Crippen LogP contribution in [-0.2, 0) is 11.3 Å². The first-order chi connectivity index (χ1) is 18.0. The molecule has 3 aromatic carbocycles. The molecule has 2 heterocycles. The van der Waals surface area contributed by atoms with Crippen molar-refractivity contribution in [2.45, 2.75) is 33.2 Å². The topological polar surface area (TPSA) is 69.0 Å². The Kier molecular flexibility index (Phi) is 7.45. The molecule has 186 valence electrons. The van der Waals surface area contributed by atoms with Crippen LogP contribution < -0.4 is 5.32 Å². The molecule has 37 heavy (non-hydrogen) atoms. The Hall–Kier alpha value is -3.79. The van der Waals surface area contributed by atoms with Crippen molar-refractivity contribution in [1.82, 2.24) is 9.88 Å². The van der Waals surface area contributed by atoms with Gasteiger partial charge in [0.1, 0.15) is 0 Å². The average molecular weight is 507 g/mol. The van der Waals surface area contributed by atoms with Crippen molar-refractivity contribution in [2.24, 2.45) is 5.92 Å². The maximum atomic E-state index is 13.2. The number of aryl methyl sites for hydroxylation is 2. The van der Waals surface area contributed by atoms with Crippen molar-refractivity contribution in [3.8, 4) is 27.8 Å². The van der Waals surface area contributed by atoms with E-state index < -0.39 is 0 Å². The summed E-state index contributed by atoms with van der Waals surface area (Å²) in [7, 11) is 0. The van der Waals surface area contributed by atoms with E-state index in [0.717, 1.165) is 54.2 Å². The predicted molar refractivity (Wildman–Crippen MR) is 150 cm³/mol. The lowest BCUT2D eigenvalue weighted by atomic mass is 9.95. The molecule has 0 spiro atoms. The molecule has 6 heteroatoms. The molecule has 0 radical (unpaired) electrons. The molecule has 5 rings (SSSR count). The number of carbonyl (C=O) groups excluding carboxylic acids is 1. The van der Waals surface area contributed by atoms with Gasteiger partial charge in [-0.05, 0) is 63.0 Å². The van der Waals surface area contributed by atoms with E-state index in [1.54, 1.807) is 0 Å². The number of piperidine rings is 1. The van der Waals surface area contributed by atoms with Gasteiger partial charge in [-0.25, -0.2) is 4.98 Å². The number of aromatic nitrogens is 1. The summed E-state index contributed by atoms with van der Waals surface area (Å²) in [6, 6.07) is 26.7. The lowest BCUT2D eigenvalue weighted by Gasteiger charge is -2.31. The third-order valence-corrected chi connectivity index (χ3v) is 7.96. The van der Waals surface area contributed by atoms with Crippen LogP contribution >= 0.6 is 11.3 Å². The summed E-state index contributed by atoms with van der Waals surface area (Å²) in [4.78, 5) is 21.5. The molecule has 5 nitrogen and oxygen atoms in total. The van der Waals surface area contributed by atoms with Gasteiger partial charge >= 0.3 is 0 Å². The number of nitrogens with zero attached hydrogens (tertiary/aromatic N) is 3. The fourth-order valence-corrected chi connectivity index (χ4v) is 5.68. The van der Waals surface area contributed by atoms with Gasteiger partial charge in [-0.2, -0.15) is 5.26 Å². The maximum absolute atomic E-state index is 13.2. The van der Waals surface area contributed by atoms with Gasteiger partial charge in [0.25, 0.3) is 0 Å². The summed E-state index contributed by atoms with van der Waals surface area (Å²) in [5.41, 5.74) is 7.35. The Morgan fingerprint density at radius 2 is 1.54 bits per heavy atom. The molecule has 1 aromatic heterocycles. The number of carbonyl (C=O) groups is 1. The minimum absolute atomic E-state index is 0.0215. The monoisotopic (exact) mass is 506 g/mol. The highest BCUT2D eigenvalue weighted by molar-refractivity contribution is 7.19. The van der Waals surface area contributed by atoms with Gasteiger partial charge < -0.3 is 5.32 Å². The van der Waals surface area contributed by atoms with E-state index in [2.05, 4.69) is 78.7 Å². The van der Waals surface area contributed by atoms with Crippen LogP contribution in [0.4, 0.5) is 5.13 Å². The molecule has 1 saturated heterocycles. The number of rotatable bonds is 6. The number of nitriles is 1. The Morgan fingerprint density at radius 3 is 2.14 bits per heavy atom. The number of likely N-dealkylation sites (tertiary alicyclic amines) is 1. The third kappa shape index (κ3) is 5.96. The van der Waals surface area contributed by atoms with Crippen LogP contribution in [0.3, 0.4) is 0 Å². The van der Waals surface area contributed by atoms with Gasteiger partial charge in [-0.15, -0.1) is 0 Å². The predicted octanol–water partition coefficient (Wildman–Crippen LogP) is 6.82. The molecule has 1 fully saturated rings. The van der Waals surface area contributed by atoms with E-state index in [1.165, 1.54) is 28.0 Å². The fraction of sp³-hybridized carbons (Fsp3) is 0.258. The Morgan fingerprint density at radius 1 is 0.946 bits per heavy atom. The van der Waals surface area contributed by atoms with E-state index in [1.807, 2.05) is 24.3 Å². The minimum atomic E-state index is -0.0215. The minimum Gasteiger partial charge on any atom is -0.302 e. The largest absolute Gasteiger partial charge is 0.302 e. The first-order valence-electron chi connectivity index (χ1n) is 12.7. The molecule has 0 bridgehead atoms. The number of benzene rings is 3. The fourth-order valence-electron chi connectivity index (χ4n) is 4.68. The maximum Gasteiger partial charge on any atom is 0.229 e. The highest BCUT2D eigenvalue weighted by Crippen LogP contribution is 2.39. The number of amides is 1. The van der Waals surface area contributed by atoms with E-state index in [4.69, 9.17) is 10.2 Å². The lowest BCUT2D eigenvalue weighted by molar-refractivity contribution is -0.121. The van der Waals surface area contributed by atoms with Crippen molar-refractivity contribution in [3.05, 3.63) is 95.1 Å². The Balaban J connectivity index is 1.27. The summed E-state index contributed by atoms with van der Waals surface area (Å²) >= 11 is 1.54. The van der Waals surface area contributed by atoms with Crippen LogP contribution in [0.5, 0.6) is 0 Å². The Labute approximate surface area is 222 Å². The van der Waals surface area contributed by atoms with E-state index >= 15 is 0 Å². The summed E-state index contributed by atoms with van der Waals surface area (Å²) in [5, 5.41) is 12.8. The molecular formula is C31H30N4OS. The SMILES string of the molecule is Cc1ccc(-c2nc(NC(=O)C3CCN(Cc4ccc(C#N)cc4)CC3)sc2-c2ccc(C)cc2)cc1. The molecule has 0 aliphatic carbocycles. The number of hydrogen-bond donors (Lipinski definition) is 1. The number of thiazole rings is 1. The summed E-state index contributed by atoms with van der Waals surface area (Å²) < 4.78 is 0. The van der Waals surface area contributed by atoms with Crippen molar-refractivity contribution in [2.75, 3.05) is 18.4 Å². The standard InChI is InChI=1S/C31H30N4OS/c1-21-3-11-25(12-4-21)28-29(26-13-5-22(2)6-14-26)37-31(33-28)34-30(36)27-15-17-35(18-16-27)20-24-9-7-23(19-32)8-10-24/h3-14,27H,15-18,20H2,1-2H3,(H,33,34,36). The van der Waals surface area contributed by atoms with Crippen molar-refractivity contribution >= 4 is 22.4 Å². The first-order valence-corrected chi connectivity index (χ1v) is 13.5. The van der Waals surface area contributed by atoms with Crippen molar-refractivity contribution < 1.29 is 4.79 Å². The van der Waals surface area contributed by atoms with Gasteiger partial charge in [0.05, 0.1) is 22.2 Å². The van der Waals surface area contributed by atoms with Crippen LogP contribution in [0, 0.1) is 31.1 Å². The lowest BCUT2D eigenvalue weighted by Crippen LogP contribution is -2.37. The summed E-state index contributed by atoms with van der Waals surface area (Å²) in [6.07, 6.45) is 1.65. The molecule has 1 amide bonds. The first kappa shape index (κ1) is 24.9. The number of nitrogens with one attached hydrogen (secondary N) is 1. The smallest absolute Gasteiger partial charge is 0.229 e. The molecule has 0 unspecified atom stereocenters. The van der Waals surface area contributed by atoms with Gasteiger partial charge in [0, 0.05) is 18.0 Å². The second kappa shape index (κ2) is 11.1. The highest BCUT2D eigenvalue weighted by atomic mass is 32.1. The molecule has 0 saturated carbocycles. The van der Waals surface area contributed by atoms with Crippen LogP contribution in [-0.4, -0.2) is 28.9 Å². The van der Waals surface area contributed by atoms with E-state index in [0.29, 0.717) is 10.7 Å². The van der Waals surface area contributed by atoms with Crippen LogP contribution in [0.15, 0.2) is 72.8 Å². The molecule has 4 aromatic rings.